The number of nitrogens with zero attached hydrogens (tertiary/aromatic N) is 5. The van der Waals surface area contributed by atoms with Gasteiger partial charge in [-0.2, -0.15) is 4.98 Å². The summed E-state index contributed by atoms with van der Waals surface area (Å²) in [4.78, 5) is 27.1. The number of rotatable bonds is 6. The lowest BCUT2D eigenvalue weighted by Crippen LogP contribution is -2.38. The molecule has 9 heteroatoms. The average molecular weight is 502 g/mol. The second kappa shape index (κ2) is 8.48. The van der Waals surface area contributed by atoms with Crippen molar-refractivity contribution in [1.82, 2.24) is 29.6 Å². The Morgan fingerprint density at radius 3 is 2.76 bits per heavy atom. The summed E-state index contributed by atoms with van der Waals surface area (Å²) in [7, 11) is 0. The molecule has 0 unspecified atom stereocenters. The summed E-state index contributed by atoms with van der Waals surface area (Å²) in [5.41, 5.74) is 4.58. The Bertz CT molecular complexity index is 1560. The van der Waals surface area contributed by atoms with E-state index in [1.165, 1.54) is 11.1 Å². The van der Waals surface area contributed by atoms with Gasteiger partial charge in [0.2, 0.25) is 5.95 Å². The SMILES string of the molecule is CC(C)(CF)c1cc(-n2c3nc(Nc4ccc5c(c4)CNCC5(C)C)ncc3c(=O)n2C2CC2)ccn1. The van der Waals surface area contributed by atoms with Gasteiger partial charge in [0.05, 0.1) is 17.4 Å². The third-order valence-electron chi connectivity index (χ3n) is 7.50. The molecule has 0 radical (unpaired) electrons. The van der Waals surface area contributed by atoms with Crippen molar-refractivity contribution in [2.24, 2.45) is 0 Å². The first-order valence-corrected chi connectivity index (χ1v) is 12.8. The molecule has 1 aromatic carbocycles. The maximum atomic E-state index is 13.7. The summed E-state index contributed by atoms with van der Waals surface area (Å²) >= 11 is 0. The number of benzene rings is 1. The van der Waals surface area contributed by atoms with Gasteiger partial charge in [0.25, 0.3) is 5.56 Å². The number of aromatic nitrogens is 5. The van der Waals surface area contributed by atoms with Crippen LogP contribution in [0.5, 0.6) is 0 Å². The first kappa shape index (κ1) is 23.8. The fourth-order valence-electron chi connectivity index (χ4n) is 5.16. The second-order valence-corrected chi connectivity index (χ2v) is 11.5. The number of anilines is 2. The summed E-state index contributed by atoms with van der Waals surface area (Å²) in [6, 6.07) is 10.2. The first-order chi connectivity index (χ1) is 17.7. The van der Waals surface area contributed by atoms with Crippen molar-refractivity contribution < 1.29 is 4.39 Å². The minimum atomic E-state index is -0.735. The monoisotopic (exact) mass is 501 g/mol. The van der Waals surface area contributed by atoms with Gasteiger partial charge < -0.3 is 10.6 Å². The van der Waals surface area contributed by atoms with E-state index < -0.39 is 12.1 Å². The predicted octanol–water partition coefficient (Wildman–Crippen LogP) is 4.68. The molecule has 0 spiro atoms. The molecule has 1 aliphatic carbocycles. The highest BCUT2D eigenvalue weighted by atomic mass is 19.1. The molecule has 2 N–H and O–H groups in total. The Hall–Kier alpha value is -3.59. The van der Waals surface area contributed by atoms with Crippen LogP contribution in [-0.4, -0.2) is 37.5 Å². The molecule has 6 rings (SSSR count). The number of nitrogens with one attached hydrogen (secondary N) is 2. The van der Waals surface area contributed by atoms with Crippen molar-refractivity contribution >= 4 is 22.7 Å². The second-order valence-electron chi connectivity index (χ2n) is 11.5. The van der Waals surface area contributed by atoms with Crippen LogP contribution in [0.2, 0.25) is 0 Å². The zero-order valence-corrected chi connectivity index (χ0v) is 21.7. The average Bonchev–Trinajstić information content (AvgIpc) is 3.67. The van der Waals surface area contributed by atoms with Gasteiger partial charge >= 0.3 is 0 Å². The summed E-state index contributed by atoms with van der Waals surface area (Å²) in [6.45, 7) is 9.35. The van der Waals surface area contributed by atoms with E-state index >= 15 is 0 Å². The zero-order valence-electron chi connectivity index (χ0n) is 21.7. The molecule has 8 nitrogen and oxygen atoms in total. The molecule has 4 aromatic rings. The van der Waals surface area contributed by atoms with E-state index in [1.54, 1.807) is 17.1 Å². The van der Waals surface area contributed by atoms with Crippen molar-refractivity contribution in [2.45, 2.75) is 64.0 Å². The minimum absolute atomic E-state index is 0.0728. The maximum Gasteiger partial charge on any atom is 0.278 e. The van der Waals surface area contributed by atoms with Crippen LogP contribution in [0.1, 0.15) is 63.4 Å². The Balaban J connectivity index is 1.44. The molecule has 2 aliphatic rings. The highest BCUT2D eigenvalue weighted by molar-refractivity contribution is 5.77. The topological polar surface area (TPSA) is 89.7 Å². The van der Waals surface area contributed by atoms with Crippen molar-refractivity contribution in [3.8, 4) is 5.69 Å². The van der Waals surface area contributed by atoms with E-state index in [9.17, 15) is 9.18 Å². The Labute approximate surface area is 214 Å². The standard InChI is InChI=1S/C28H32FN7O/c1-27(2,15-29)23-12-20(9-10-31-23)35-24-21(25(37)36(35)19-6-7-19)14-32-26(34-24)33-18-5-8-22-17(11-18)13-30-16-28(22,3)4/h5,8-12,14,19,30H,6-7,13,15-16H2,1-4H3,(H,32,33,34). The lowest BCUT2D eigenvalue weighted by atomic mass is 9.79. The van der Waals surface area contributed by atoms with E-state index in [1.807, 2.05) is 30.7 Å². The van der Waals surface area contributed by atoms with Crippen molar-refractivity contribution in [3.63, 3.8) is 0 Å². The first-order valence-electron chi connectivity index (χ1n) is 12.8. The minimum Gasteiger partial charge on any atom is -0.324 e. The molecule has 0 atom stereocenters. The van der Waals surface area contributed by atoms with Crippen LogP contribution in [0.25, 0.3) is 16.7 Å². The molecule has 1 saturated carbocycles. The van der Waals surface area contributed by atoms with Gasteiger partial charge in [0, 0.05) is 42.0 Å². The maximum absolute atomic E-state index is 13.7. The molecule has 4 heterocycles. The Kier molecular flexibility index (Phi) is 5.45. The molecule has 1 aliphatic heterocycles. The number of pyridine rings is 1. The third kappa shape index (κ3) is 4.11. The highest BCUT2D eigenvalue weighted by Crippen LogP contribution is 2.36. The largest absolute Gasteiger partial charge is 0.324 e. The van der Waals surface area contributed by atoms with Crippen LogP contribution in [0.15, 0.2) is 47.5 Å². The van der Waals surface area contributed by atoms with E-state index in [0.29, 0.717) is 22.7 Å². The van der Waals surface area contributed by atoms with Crippen LogP contribution in [-0.2, 0) is 17.4 Å². The number of fused-ring (bicyclic) bond motifs is 2. The summed E-state index contributed by atoms with van der Waals surface area (Å²) < 4.78 is 17.3. The van der Waals surface area contributed by atoms with E-state index in [-0.39, 0.29) is 17.0 Å². The van der Waals surface area contributed by atoms with Crippen molar-refractivity contribution in [2.75, 3.05) is 18.5 Å². The lowest BCUT2D eigenvalue weighted by molar-refractivity contribution is 0.344. The number of alkyl halides is 1. The Morgan fingerprint density at radius 2 is 2.00 bits per heavy atom. The van der Waals surface area contributed by atoms with E-state index in [4.69, 9.17) is 4.98 Å². The summed E-state index contributed by atoms with van der Waals surface area (Å²) in [5, 5.41) is 7.28. The van der Waals surface area contributed by atoms with Gasteiger partial charge in [-0.1, -0.05) is 33.8 Å². The number of hydrogen-bond acceptors (Lipinski definition) is 6. The molecule has 37 heavy (non-hydrogen) atoms. The fourth-order valence-corrected chi connectivity index (χ4v) is 5.16. The lowest BCUT2D eigenvalue weighted by Gasteiger charge is -2.33. The molecule has 192 valence electrons. The molecular weight excluding hydrogens is 469 g/mol. The third-order valence-corrected chi connectivity index (χ3v) is 7.50. The molecule has 3 aromatic heterocycles. The highest BCUT2D eigenvalue weighted by Gasteiger charge is 2.32. The molecule has 0 bridgehead atoms. The van der Waals surface area contributed by atoms with Crippen molar-refractivity contribution in [3.05, 3.63) is 69.9 Å². The molecule has 0 amide bonds. The van der Waals surface area contributed by atoms with Crippen LogP contribution in [0.3, 0.4) is 0 Å². The number of halogens is 1. The molecule has 0 saturated heterocycles. The zero-order chi connectivity index (χ0) is 25.9. The van der Waals surface area contributed by atoms with E-state index in [0.717, 1.165) is 37.3 Å². The molecular formula is C28H32FN7O. The van der Waals surface area contributed by atoms with Gasteiger partial charge in [-0.3, -0.25) is 14.2 Å². The van der Waals surface area contributed by atoms with Gasteiger partial charge in [-0.05, 0) is 48.2 Å². The quantitative estimate of drug-likeness (QED) is 0.399. The van der Waals surface area contributed by atoms with Gasteiger partial charge in [-0.25, -0.2) is 14.3 Å². The summed E-state index contributed by atoms with van der Waals surface area (Å²) in [5.74, 6) is 0.413. The predicted molar refractivity (Wildman–Crippen MR) is 143 cm³/mol. The van der Waals surface area contributed by atoms with Crippen LogP contribution < -0.4 is 16.2 Å². The smallest absolute Gasteiger partial charge is 0.278 e. The molecule has 1 fully saturated rings. The van der Waals surface area contributed by atoms with Crippen LogP contribution in [0, 0.1) is 0 Å². The fraction of sp³-hybridized carbons (Fsp3) is 0.429. The van der Waals surface area contributed by atoms with Gasteiger partial charge in [-0.15, -0.1) is 0 Å². The van der Waals surface area contributed by atoms with Gasteiger partial charge in [0.1, 0.15) is 12.1 Å². The van der Waals surface area contributed by atoms with Gasteiger partial charge in [0.15, 0.2) is 5.65 Å². The normalized spacial score (nSPS) is 17.1. The Morgan fingerprint density at radius 1 is 1.19 bits per heavy atom. The van der Waals surface area contributed by atoms with Crippen LogP contribution in [0.4, 0.5) is 16.0 Å². The summed E-state index contributed by atoms with van der Waals surface area (Å²) in [6.07, 6.45) is 5.13. The van der Waals surface area contributed by atoms with Crippen LogP contribution >= 0.6 is 0 Å². The van der Waals surface area contributed by atoms with Crippen molar-refractivity contribution in [1.29, 1.82) is 0 Å². The van der Waals surface area contributed by atoms with E-state index in [2.05, 4.69) is 52.6 Å². The number of hydrogen-bond donors (Lipinski definition) is 2.